The van der Waals surface area contributed by atoms with Crippen LogP contribution in [0, 0.1) is 13.8 Å². The van der Waals surface area contributed by atoms with E-state index in [1.807, 2.05) is 18.2 Å². The van der Waals surface area contributed by atoms with Crippen molar-refractivity contribution in [1.82, 2.24) is 0 Å². The van der Waals surface area contributed by atoms with E-state index < -0.39 is 11.9 Å². The van der Waals surface area contributed by atoms with Crippen LogP contribution >= 0.6 is 23.8 Å². The van der Waals surface area contributed by atoms with Gasteiger partial charge in [-0.05, 0) is 68.2 Å². The molecule has 1 heterocycles. The molecule has 1 spiro atoms. The number of hydrogen-bond donors (Lipinski definition) is 3. The first-order valence-corrected chi connectivity index (χ1v) is 10.9. The maximum Gasteiger partial charge on any atom is 0.414 e. The van der Waals surface area contributed by atoms with E-state index in [1.54, 1.807) is 0 Å². The number of amidine groups is 1. The molecule has 1 fully saturated rings. The Morgan fingerprint density at radius 2 is 1.62 bits per heavy atom. The predicted octanol–water partition coefficient (Wildman–Crippen LogP) is 5.04. The molecule has 1 aliphatic carbocycles. The maximum absolute atomic E-state index is 9.10. The zero-order chi connectivity index (χ0) is 23.5. The number of benzene rings is 2. The van der Waals surface area contributed by atoms with E-state index in [0.29, 0.717) is 5.11 Å². The summed E-state index contributed by atoms with van der Waals surface area (Å²) in [5.74, 6) is -2.68. The van der Waals surface area contributed by atoms with Crippen molar-refractivity contribution in [1.29, 1.82) is 0 Å². The third kappa shape index (κ3) is 4.76. The van der Waals surface area contributed by atoms with Crippen molar-refractivity contribution >= 4 is 58.1 Å². The molecule has 0 radical (unpaired) electrons. The van der Waals surface area contributed by atoms with Gasteiger partial charge in [0.05, 0.1) is 0 Å². The van der Waals surface area contributed by atoms with E-state index in [0.717, 1.165) is 35.1 Å². The topological polar surface area (TPSA) is 102 Å². The highest BCUT2D eigenvalue weighted by molar-refractivity contribution is 7.80. The molecule has 1 aliphatic heterocycles. The third-order valence-corrected chi connectivity index (χ3v) is 6.18. The number of aliphatic carboxylic acids is 2. The van der Waals surface area contributed by atoms with E-state index in [1.165, 1.54) is 24.0 Å². The third-order valence-electron chi connectivity index (χ3n) is 5.67. The van der Waals surface area contributed by atoms with Crippen molar-refractivity contribution in [3.8, 4) is 0 Å². The predicted molar refractivity (Wildman–Crippen MR) is 130 cm³/mol. The fourth-order valence-electron chi connectivity index (χ4n) is 4.21. The van der Waals surface area contributed by atoms with E-state index >= 15 is 0 Å². The number of carboxylic acids is 2. The van der Waals surface area contributed by atoms with Crippen LogP contribution in [0.25, 0.3) is 0 Å². The summed E-state index contributed by atoms with van der Waals surface area (Å²) in [7, 11) is 0. The number of aliphatic imine (C=N–C) groups is 1. The number of carbonyl (C=O) groups is 2. The van der Waals surface area contributed by atoms with Crippen molar-refractivity contribution in [3.05, 3.63) is 58.6 Å². The molecule has 1 saturated carbocycles. The molecule has 168 valence electrons. The molecule has 0 unspecified atom stereocenters. The number of halogens is 1. The summed E-state index contributed by atoms with van der Waals surface area (Å²) in [6.45, 7) is 4.25. The molecular formula is C23H24ClN3O4S. The van der Waals surface area contributed by atoms with Gasteiger partial charge >= 0.3 is 11.9 Å². The summed E-state index contributed by atoms with van der Waals surface area (Å²) in [4.78, 5) is 25.2. The van der Waals surface area contributed by atoms with Crippen molar-refractivity contribution < 1.29 is 19.8 Å². The van der Waals surface area contributed by atoms with Crippen molar-refractivity contribution in [2.75, 3.05) is 10.2 Å². The van der Waals surface area contributed by atoms with Crippen LogP contribution in [0.3, 0.4) is 0 Å². The summed E-state index contributed by atoms with van der Waals surface area (Å²) in [6.07, 6.45) is 4.42. The average molecular weight is 474 g/mol. The van der Waals surface area contributed by atoms with Crippen LogP contribution in [0.1, 0.15) is 36.8 Å². The van der Waals surface area contributed by atoms with Gasteiger partial charge in [-0.1, -0.05) is 48.7 Å². The number of aryl methyl sites for hydroxylation is 2. The zero-order valence-electron chi connectivity index (χ0n) is 17.8. The Morgan fingerprint density at radius 3 is 2.16 bits per heavy atom. The van der Waals surface area contributed by atoms with Crippen LogP contribution in [0.15, 0.2) is 47.5 Å². The van der Waals surface area contributed by atoms with Gasteiger partial charge in [0, 0.05) is 16.4 Å². The molecular weight excluding hydrogens is 450 g/mol. The number of nitrogens with zero attached hydrogens (tertiary/aromatic N) is 2. The van der Waals surface area contributed by atoms with Crippen LogP contribution in [0.4, 0.5) is 11.4 Å². The van der Waals surface area contributed by atoms with E-state index in [9.17, 15) is 0 Å². The largest absolute Gasteiger partial charge is 0.473 e. The molecule has 9 heteroatoms. The molecule has 0 aromatic heterocycles. The van der Waals surface area contributed by atoms with Gasteiger partial charge in [0.1, 0.15) is 11.4 Å². The lowest BCUT2D eigenvalue weighted by atomic mass is 9.93. The average Bonchev–Trinajstić information content (AvgIpc) is 3.30. The first-order valence-electron chi connectivity index (χ1n) is 10.1. The van der Waals surface area contributed by atoms with Crippen molar-refractivity contribution in [2.45, 2.75) is 45.1 Å². The van der Waals surface area contributed by atoms with Crippen LogP contribution in [-0.4, -0.2) is 38.6 Å². The Bertz CT molecular complexity index is 1060. The first-order chi connectivity index (χ1) is 15.2. The van der Waals surface area contributed by atoms with E-state index in [-0.39, 0.29) is 5.54 Å². The zero-order valence-corrected chi connectivity index (χ0v) is 19.3. The fraction of sp³-hybridized carbons (Fsp3) is 0.304. The van der Waals surface area contributed by atoms with Gasteiger partial charge in [0.25, 0.3) is 0 Å². The minimum absolute atomic E-state index is 0.198. The molecule has 2 aromatic rings. The second-order valence-corrected chi connectivity index (χ2v) is 8.60. The molecule has 0 saturated heterocycles. The molecule has 3 N–H and O–H groups in total. The van der Waals surface area contributed by atoms with Crippen molar-refractivity contribution in [3.63, 3.8) is 0 Å². The first kappa shape index (κ1) is 23.7. The lowest BCUT2D eigenvalue weighted by Crippen LogP contribution is -2.52. The highest BCUT2D eigenvalue weighted by Crippen LogP contribution is 2.44. The number of anilines is 2. The Kier molecular flexibility index (Phi) is 7.16. The van der Waals surface area contributed by atoms with Crippen LogP contribution < -0.4 is 10.2 Å². The van der Waals surface area contributed by atoms with E-state index in [2.05, 4.69) is 48.3 Å². The number of carboxylic acid groups (broad SMARTS) is 2. The molecule has 2 aromatic carbocycles. The summed E-state index contributed by atoms with van der Waals surface area (Å²) in [5.41, 5.74) is 4.39. The number of thiocarbonyl (C=S) groups is 1. The second-order valence-electron chi connectivity index (χ2n) is 7.80. The maximum atomic E-state index is 9.10. The Hall–Kier alpha value is -2.97. The van der Waals surface area contributed by atoms with Gasteiger partial charge < -0.3 is 20.4 Å². The van der Waals surface area contributed by atoms with Crippen LogP contribution in [0.5, 0.6) is 0 Å². The highest BCUT2D eigenvalue weighted by Gasteiger charge is 2.50. The smallest absolute Gasteiger partial charge is 0.414 e. The van der Waals surface area contributed by atoms with Gasteiger partial charge in [0.2, 0.25) is 5.11 Å². The standard InChI is InChI=1S/C21H22ClN3S.C2H2O4/c1-14-7-5-8-15(2)18(14)23-19-21(11-3-4-12-21)25(20(26)24-19)17-10-6-9-16(22)13-17;3-1(4)2(5)6/h5-10,13H,3-4,11-12H2,1-2H3,(H,23,24,26);(H,3,4)(H,5,6). The lowest BCUT2D eigenvalue weighted by molar-refractivity contribution is -0.159. The Balaban J connectivity index is 0.000000427. The number of nitrogens with one attached hydrogen (secondary N) is 1. The molecule has 4 rings (SSSR count). The Labute approximate surface area is 196 Å². The summed E-state index contributed by atoms with van der Waals surface area (Å²) in [6, 6.07) is 14.2. The van der Waals surface area contributed by atoms with Gasteiger partial charge in [0.15, 0.2) is 0 Å². The molecule has 0 atom stereocenters. The SMILES string of the molecule is Cc1cccc(C)c1NC1=NC(=S)N(c2cccc(Cl)c2)C12CCCC2.O=C(O)C(=O)O. The Morgan fingerprint density at radius 1 is 1.06 bits per heavy atom. The molecule has 7 nitrogen and oxygen atoms in total. The summed E-state index contributed by atoms with van der Waals surface area (Å²) in [5, 5.41) is 19.8. The van der Waals surface area contributed by atoms with Gasteiger partial charge in [-0.2, -0.15) is 0 Å². The van der Waals surface area contributed by atoms with Gasteiger partial charge in [-0.15, -0.1) is 0 Å². The van der Waals surface area contributed by atoms with E-state index in [4.69, 9.17) is 48.6 Å². The summed E-state index contributed by atoms with van der Waals surface area (Å²) >= 11 is 11.9. The van der Waals surface area contributed by atoms with Gasteiger partial charge in [-0.3, -0.25) is 0 Å². The quantitative estimate of drug-likeness (QED) is 0.414. The normalized spacial score (nSPS) is 16.4. The second kappa shape index (κ2) is 9.67. The van der Waals surface area contributed by atoms with Crippen LogP contribution in [-0.2, 0) is 9.59 Å². The molecule has 2 aliphatic rings. The molecule has 32 heavy (non-hydrogen) atoms. The highest BCUT2D eigenvalue weighted by atomic mass is 35.5. The molecule has 0 bridgehead atoms. The minimum atomic E-state index is -1.82. The monoisotopic (exact) mass is 473 g/mol. The van der Waals surface area contributed by atoms with Crippen molar-refractivity contribution in [2.24, 2.45) is 4.99 Å². The number of hydrogen-bond acceptors (Lipinski definition) is 4. The lowest BCUT2D eigenvalue weighted by Gasteiger charge is -2.37. The molecule has 0 amide bonds. The number of para-hydroxylation sites is 1. The minimum Gasteiger partial charge on any atom is -0.473 e. The van der Waals surface area contributed by atoms with Gasteiger partial charge in [-0.25, -0.2) is 14.6 Å². The van der Waals surface area contributed by atoms with Crippen LogP contribution in [0.2, 0.25) is 5.02 Å². The summed E-state index contributed by atoms with van der Waals surface area (Å²) < 4.78 is 0. The fourth-order valence-corrected chi connectivity index (χ4v) is 4.76. The number of rotatable bonds is 2.